The monoisotopic (exact) mass is 344 g/mol. The lowest BCUT2D eigenvalue weighted by molar-refractivity contribution is 0.100. The molecule has 0 aliphatic carbocycles. The second kappa shape index (κ2) is 6.43. The molecule has 0 heterocycles. The van der Waals surface area contributed by atoms with E-state index >= 15 is 0 Å². The first-order valence-corrected chi connectivity index (χ1v) is 6.97. The fourth-order valence-electron chi connectivity index (χ4n) is 1.65. The number of rotatable bonds is 4. The average molecular weight is 346 g/mol. The molecule has 0 aliphatic heterocycles. The second-order valence-electron chi connectivity index (χ2n) is 4.26. The van der Waals surface area contributed by atoms with Gasteiger partial charge in [-0.05, 0) is 18.2 Å². The molecule has 0 aromatic heterocycles. The van der Waals surface area contributed by atoms with Crippen molar-refractivity contribution < 1.29 is 9.53 Å². The van der Waals surface area contributed by atoms with Crippen molar-refractivity contribution in [2.24, 2.45) is 5.73 Å². The molecule has 7 heteroatoms. The van der Waals surface area contributed by atoms with Crippen molar-refractivity contribution in [3.05, 3.63) is 56.5 Å². The second-order valence-corrected chi connectivity index (χ2v) is 5.48. The minimum Gasteiger partial charge on any atom is -0.487 e. The van der Waals surface area contributed by atoms with Gasteiger partial charge in [-0.1, -0.05) is 40.9 Å². The summed E-state index contributed by atoms with van der Waals surface area (Å²) in [5.41, 5.74) is 12.5. The van der Waals surface area contributed by atoms with Gasteiger partial charge in [0, 0.05) is 22.9 Å². The van der Waals surface area contributed by atoms with Gasteiger partial charge >= 0.3 is 0 Å². The number of primary amides is 1. The maximum absolute atomic E-state index is 11.0. The molecule has 2 aromatic carbocycles. The van der Waals surface area contributed by atoms with Crippen LogP contribution in [-0.2, 0) is 6.61 Å². The van der Waals surface area contributed by atoms with Gasteiger partial charge in [0.05, 0.1) is 15.1 Å². The fraction of sp³-hybridized carbons (Fsp3) is 0.0714. The van der Waals surface area contributed by atoms with Gasteiger partial charge in [-0.25, -0.2) is 0 Å². The zero-order chi connectivity index (χ0) is 15.6. The van der Waals surface area contributed by atoms with Crippen LogP contribution in [0.2, 0.25) is 15.1 Å². The van der Waals surface area contributed by atoms with Crippen molar-refractivity contribution in [3.8, 4) is 5.75 Å². The number of amides is 1. The molecule has 2 rings (SSSR count). The predicted octanol–water partition coefficient (Wildman–Crippen LogP) is 3.91. The van der Waals surface area contributed by atoms with E-state index in [1.807, 2.05) is 0 Å². The van der Waals surface area contributed by atoms with Gasteiger partial charge < -0.3 is 16.2 Å². The summed E-state index contributed by atoms with van der Waals surface area (Å²) in [6.45, 7) is 0.169. The summed E-state index contributed by atoms with van der Waals surface area (Å²) in [5.74, 6) is -0.147. The van der Waals surface area contributed by atoms with E-state index in [1.165, 1.54) is 18.2 Å². The molecule has 0 saturated carbocycles. The first-order valence-electron chi connectivity index (χ1n) is 5.84. The molecular weight excluding hydrogens is 335 g/mol. The maximum atomic E-state index is 11.0. The van der Waals surface area contributed by atoms with Crippen LogP contribution in [0.15, 0.2) is 30.3 Å². The third-order valence-corrected chi connectivity index (χ3v) is 3.81. The number of carbonyl (C=O) groups is 1. The van der Waals surface area contributed by atoms with E-state index in [4.69, 9.17) is 51.0 Å². The first-order chi connectivity index (χ1) is 9.88. The molecule has 0 bridgehead atoms. The maximum Gasteiger partial charge on any atom is 0.248 e. The Balaban J connectivity index is 2.17. The van der Waals surface area contributed by atoms with Gasteiger partial charge in [0.2, 0.25) is 5.91 Å². The van der Waals surface area contributed by atoms with Crippen molar-refractivity contribution in [2.45, 2.75) is 6.61 Å². The van der Waals surface area contributed by atoms with Gasteiger partial charge in [0.15, 0.2) is 0 Å². The van der Waals surface area contributed by atoms with Gasteiger partial charge in [-0.15, -0.1) is 0 Å². The zero-order valence-corrected chi connectivity index (χ0v) is 13.0. The summed E-state index contributed by atoms with van der Waals surface area (Å²) in [4.78, 5) is 11.0. The number of nitrogen functional groups attached to an aromatic ring is 1. The van der Waals surface area contributed by atoms with Crippen molar-refractivity contribution in [3.63, 3.8) is 0 Å². The zero-order valence-electron chi connectivity index (χ0n) is 10.7. The fourth-order valence-corrected chi connectivity index (χ4v) is 2.24. The Hall–Kier alpha value is -1.62. The predicted molar refractivity (Wildman–Crippen MR) is 85.2 cm³/mol. The summed E-state index contributed by atoms with van der Waals surface area (Å²) in [6, 6.07) is 7.77. The van der Waals surface area contributed by atoms with E-state index in [-0.39, 0.29) is 6.61 Å². The van der Waals surface area contributed by atoms with E-state index in [1.54, 1.807) is 12.1 Å². The van der Waals surface area contributed by atoms with E-state index < -0.39 is 5.91 Å². The Kier molecular flexibility index (Phi) is 4.83. The Morgan fingerprint density at radius 2 is 1.71 bits per heavy atom. The highest BCUT2D eigenvalue weighted by atomic mass is 35.5. The molecule has 0 fully saturated rings. The first kappa shape index (κ1) is 15.8. The van der Waals surface area contributed by atoms with Gasteiger partial charge in [0.25, 0.3) is 0 Å². The van der Waals surface area contributed by atoms with Gasteiger partial charge in [-0.2, -0.15) is 0 Å². The Labute approximate surface area is 136 Å². The normalized spacial score (nSPS) is 10.4. The van der Waals surface area contributed by atoms with Crippen molar-refractivity contribution in [1.29, 1.82) is 0 Å². The van der Waals surface area contributed by atoms with Crippen LogP contribution in [0.4, 0.5) is 5.69 Å². The molecule has 21 heavy (non-hydrogen) atoms. The SMILES string of the molecule is NC(=O)c1ccc(COc2cc(Cl)c(Cl)cc2Cl)c(N)c1. The topological polar surface area (TPSA) is 78.3 Å². The van der Waals surface area contributed by atoms with Crippen molar-refractivity contribution in [2.75, 3.05) is 5.73 Å². The van der Waals surface area contributed by atoms with Crippen LogP contribution < -0.4 is 16.2 Å². The van der Waals surface area contributed by atoms with Crippen LogP contribution in [0.1, 0.15) is 15.9 Å². The van der Waals surface area contributed by atoms with Crippen LogP contribution in [-0.4, -0.2) is 5.91 Å². The highest BCUT2D eigenvalue weighted by molar-refractivity contribution is 6.43. The number of anilines is 1. The third-order valence-electron chi connectivity index (χ3n) is 2.79. The molecular formula is C14H11Cl3N2O2. The standard InChI is InChI=1S/C14H11Cl3N2O2/c15-9-4-11(17)13(5-10(9)16)21-6-8-2-1-7(14(19)20)3-12(8)18/h1-5H,6,18H2,(H2,19,20). The Morgan fingerprint density at radius 1 is 1.05 bits per heavy atom. The highest BCUT2D eigenvalue weighted by Gasteiger charge is 2.09. The molecule has 0 saturated heterocycles. The molecule has 1 amide bonds. The number of benzene rings is 2. The number of ether oxygens (including phenoxy) is 1. The van der Waals surface area contributed by atoms with E-state index in [2.05, 4.69) is 0 Å². The molecule has 2 aromatic rings. The summed E-state index contributed by atoms with van der Waals surface area (Å²) in [6.07, 6.45) is 0. The molecule has 0 aliphatic rings. The van der Waals surface area contributed by atoms with E-state index in [9.17, 15) is 4.79 Å². The molecule has 0 unspecified atom stereocenters. The van der Waals surface area contributed by atoms with Crippen LogP contribution in [0.25, 0.3) is 0 Å². The summed E-state index contributed by atoms with van der Waals surface area (Å²) >= 11 is 17.8. The minimum atomic E-state index is -0.540. The van der Waals surface area contributed by atoms with Gasteiger partial charge in [0.1, 0.15) is 12.4 Å². The lowest BCUT2D eigenvalue weighted by atomic mass is 10.1. The molecule has 4 nitrogen and oxygen atoms in total. The van der Waals surface area contributed by atoms with Crippen LogP contribution >= 0.6 is 34.8 Å². The van der Waals surface area contributed by atoms with Crippen LogP contribution in [0.3, 0.4) is 0 Å². The van der Waals surface area contributed by atoms with Crippen molar-refractivity contribution >= 4 is 46.4 Å². The van der Waals surface area contributed by atoms with Crippen LogP contribution in [0, 0.1) is 0 Å². The number of carbonyl (C=O) groups excluding carboxylic acids is 1. The van der Waals surface area contributed by atoms with Crippen LogP contribution in [0.5, 0.6) is 5.75 Å². The van der Waals surface area contributed by atoms with Gasteiger partial charge in [-0.3, -0.25) is 4.79 Å². The number of halogens is 3. The molecule has 0 atom stereocenters. The molecule has 0 radical (unpaired) electrons. The molecule has 4 N–H and O–H groups in total. The lowest BCUT2D eigenvalue weighted by Gasteiger charge is -2.11. The number of hydrogen-bond donors (Lipinski definition) is 2. The summed E-state index contributed by atoms with van der Waals surface area (Å²) < 4.78 is 5.57. The van der Waals surface area contributed by atoms with Crippen molar-refractivity contribution in [1.82, 2.24) is 0 Å². The largest absolute Gasteiger partial charge is 0.487 e. The summed E-state index contributed by atoms with van der Waals surface area (Å²) in [7, 11) is 0. The van der Waals surface area contributed by atoms with E-state index in [0.717, 1.165) is 0 Å². The highest BCUT2D eigenvalue weighted by Crippen LogP contribution is 2.34. The quantitative estimate of drug-likeness (QED) is 0.651. The minimum absolute atomic E-state index is 0.169. The molecule has 0 spiro atoms. The average Bonchev–Trinajstić information content (AvgIpc) is 2.42. The number of nitrogens with two attached hydrogens (primary N) is 2. The third kappa shape index (κ3) is 3.73. The molecule has 110 valence electrons. The summed E-state index contributed by atoms with van der Waals surface area (Å²) in [5, 5.41) is 1.03. The smallest absolute Gasteiger partial charge is 0.248 e. The lowest BCUT2D eigenvalue weighted by Crippen LogP contribution is -2.12. The Bertz CT molecular complexity index is 705. The number of hydrogen-bond acceptors (Lipinski definition) is 3. The Morgan fingerprint density at radius 3 is 2.33 bits per heavy atom. The van der Waals surface area contributed by atoms with E-state index in [0.29, 0.717) is 37.6 Å².